The SMILES string of the molecule is CCC(C)(C)Oc1cnc2cccnc2c1. The van der Waals surface area contributed by atoms with Crippen LogP contribution in [0.1, 0.15) is 27.2 Å². The van der Waals surface area contributed by atoms with Crippen LogP contribution in [0.3, 0.4) is 0 Å². The highest BCUT2D eigenvalue weighted by Gasteiger charge is 2.17. The average molecular weight is 216 g/mol. The van der Waals surface area contributed by atoms with Gasteiger partial charge in [-0.1, -0.05) is 6.92 Å². The molecular weight excluding hydrogens is 200 g/mol. The van der Waals surface area contributed by atoms with Crippen molar-refractivity contribution in [3.05, 3.63) is 30.6 Å². The van der Waals surface area contributed by atoms with Crippen molar-refractivity contribution in [2.24, 2.45) is 0 Å². The fourth-order valence-electron chi connectivity index (χ4n) is 1.38. The maximum absolute atomic E-state index is 5.86. The van der Waals surface area contributed by atoms with E-state index in [9.17, 15) is 0 Å². The van der Waals surface area contributed by atoms with Gasteiger partial charge in [0.1, 0.15) is 11.4 Å². The molecule has 0 saturated heterocycles. The molecule has 2 rings (SSSR count). The second kappa shape index (κ2) is 4.08. The van der Waals surface area contributed by atoms with Crippen molar-refractivity contribution in [1.82, 2.24) is 9.97 Å². The number of aromatic nitrogens is 2. The van der Waals surface area contributed by atoms with Gasteiger partial charge in [-0.25, -0.2) is 0 Å². The van der Waals surface area contributed by atoms with Gasteiger partial charge in [-0.05, 0) is 32.4 Å². The van der Waals surface area contributed by atoms with Crippen LogP contribution in [-0.2, 0) is 0 Å². The quantitative estimate of drug-likeness (QED) is 0.790. The van der Waals surface area contributed by atoms with Gasteiger partial charge in [-0.3, -0.25) is 9.97 Å². The minimum absolute atomic E-state index is 0.163. The molecule has 0 radical (unpaired) electrons. The Morgan fingerprint density at radius 1 is 1.25 bits per heavy atom. The third-order valence-corrected chi connectivity index (χ3v) is 2.67. The lowest BCUT2D eigenvalue weighted by Gasteiger charge is -2.24. The van der Waals surface area contributed by atoms with Crippen LogP contribution < -0.4 is 4.74 Å². The highest BCUT2D eigenvalue weighted by molar-refractivity contribution is 5.74. The predicted molar refractivity (Wildman–Crippen MR) is 64.5 cm³/mol. The van der Waals surface area contributed by atoms with E-state index in [0.717, 1.165) is 23.2 Å². The minimum atomic E-state index is -0.163. The number of pyridine rings is 2. The van der Waals surface area contributed by atoms with Crippen LogP contribution >= 0.6 is 0 Å². The van der Waals surface area contributed by atoms with E-state index in [2.05, 4.69) is 30.7 Å². The van der Waals surface area contributed by atoms with Crippen LogP contribution in [0.5, 0.6) is 5.75 Å². The lowest BCUT2D eigenvalue weighted by Crippen LogP contribution is -2.26. The fraction of sp³-hybridized carbons (Fsp3) is 0.385. The van der Waals surface area contributed by atoms with Crippen LogP contribution in [0.15, 0.2) is 30.6 Å². The molecule has 0 aromatic carbocycles. The zero-order valence-electron chi connectivity index (χ0n) is 9.90. The van der Waals surface area contributed by atoms with E-state index in [1.807, 2.05) is 18.2 Å². The summed E-state index contributed by atoms with van der Waals surface area (Å²) in [6.07, 6.45) is 4.47. The van der Waals surface area contributed by atoms with Crippen LogP contribution in [0.2, 0.25) is 0 Å². The lowest BCUT2D eigenvalue weighted by atomic mass is 10.1. The van der Waals surface area contributed by atoms with E-state index in [1.165, 1.54) is 0 Å². The normalized spacial score (nSPS) is 11.7. The molecule has 0 spiro atoms. The third-order valence-electron chi connectivity index (χ3n) is 2.67. The second-order valence-corrected chi connectivity index (χ2v) is 4.43. The molecule has 0 bridgehead atoms. The number of fused-ring (bicyclic) bond motifs is 1. The maximum Gasteiger partial charge on any atom is 0.140 e. The molecular formula is C13H16N2O. The van der Waals surface area contributed by atoms with Crippen molar-refractivity contribution in [3.8, 4) is 5.75 Å². The molecule has 0 unspecified atom stereocenters. The number of hydrogen-bond acceptors (Lipinski definition) is 3. The van der Waals surface area contributed by atoms with Gasteiger partial charge < -0.3 is 4.74 Å². The highest BCUT2D eigenvalue weighted by Crippen LogP contribution is 2.22. The van der Waals surface area contributed by atoms with Crippen molar-refractivity contribution < 1.29 is 4.74 Å². The molecule has 0 aliphatic carbocycles. The molecule has 2 aromatic heterocycles. The van der Waals surface area contributed by atoms with Crippen LogP contribution in [0.4, 0.5) is 0 Å². The zero-order chi connectivity index (χ0) is 11.6. The molecule has 0 atom stereocenters. The van der Waals surface area contributed by atoms with Gasteiger partial charge >= 0.3 is 0 Å². The summed E-state index contributed by atoms with van der Waals surface area (Å²) in [5.41, 5.74) is 1.60. The van der Waals surface area contributed by atoms with Gasteiger partial charge in [0.15, 0.2) is 0 Å². The van der Waals surface area contributed by atoms with E-state index in [0.29, 0.717) is 0 Å². The summed E-state index contributed by atoms with van der Waals surface area (Å²) < 4.78 is 5.86. The van der Waals surface area contributed by atoms with Crippen molar-refractivity contribution in [2.45, 2.75) is 32.8 Å². The Balaban J connectivity index is 2.33. The molecule has 2 heterocycles. The largest absolute Gasteiger partial charge is 0.486 e. The molecule has 0 aliphatic heterocycles. The van der Waals surface area contributed by atoms with E-state index < -0.39 is 0 Å². The maximum atomic E-state index is 5.86. The Morgan fingerprint density at radius 3 is 2.81 bits per heavy atom. The smallest absolute Gasteiger partial charge is 0.140 e. The monoisotopic (exact) mass is 216 g/mol. The standard InChI is InChI=1S/C13H16N2O/c1-4-13(2,3)16-10-8-12-11(15-9-10)6-5-7-14-12/h5-9H,4H2,1-3H3. The van der Waals surface area contributed by atoms with Crippen LogP contribution in [0, 0.1) is 0 Å². The molecule has 0 fully saturated rings. The van der Waals surface area contributed by atoms with E-state index >= 15 is 0 Å². The Bertz CT molecular complexity index is 494. The predicted octanol–water partition coefficient (Wildman–Crippen LogP) is 3.20. The molecule has 0 amide bonds. The topological polar surface area (TPSA) is 35.0 Å². The summed E-state index contributed by atoms with van der Waals surface area (Å²) in [4.78, 5) is 8.57. The van der Waals surface area contributed by atoms with Gasteiger partial charge in [0.25, 0.3) is 0 Å². The Kier molecular flexibility index (Phi) is 2.77. The Labute approximate surface area is 95.5 Å². The number of ether oxygens (including phenoxy) is 1. The second-order valence-electron chi connectivity index (χ2n) is 4.43. The van der Waals surface area contributed by atoms with Gasteiger partial charge in [0.2, 0.25) is 0 Å². The first-order chi connectivity index (χ1) is 7.61. The summed E-state index contributed by atoms with van der Waals surface area (Å²) in [5, 5.41) is 0. The summed E-state index contributed by atoms with van der Waals surface area (Å²) in [6.45, 7) is 6.23. The number of hydrogen-bond donors (Lipinski definition) is 0. The number of rotatable bonds is 3. The summed E-state index contributed by atoms with van der Waals surface area (Å²) >= 11 is 0. The van der Waals surface area contributed by atoms with Crippen molar-refractivity contribution >= 4 is 11.0 Å². The Morgan fingerprint density at radius 2 is 2.06 bits per heavy atom. The van der Waals surface area contributed by atoms with E-state index in [1.54, 1.807) is 12.4 Å². The molecule has 2 aromatic rings. The molecule has 3 heteroatoms. The average Bonchev–Trinajstić information content (AvgIpc) is 2.28. The first-order valence-corrected chi connectivity index (χ1v) is 5.50. The summed E-state index contributed by atoms with van der Waals surface area (Å²) in [7, 11) is 0. The third kappa shape index (κ3) is 2.30. The van der Waals surface area contributed by atoms with E-state index in [4.69, 9.17) is 4.74 Å². The van der Waals surface area contributed by atoms with E-state index in [-0.39, 0.29) is 5.60 Å². The minimum Gasteiger partial charge on any atom is -0.486 e. The molecule has 0 saturated carbocycles. The molecule has 0 aliphatic rings. The first kappa shape index (κ1) is 10.9. The summed E-state index contributed by atoms with van der Waals surface area (Å²) in [6, 6.07) is 5.75. The van der Waals surface area contributed by atoms with Gasteiger partial charge in [0.05, 0.1) is 17.2 Å². The van der Waals surface area contributed by atoms with Crippen molar-refractivity contribution in [2.75, 3.05) is 0 Å². The highest BCUT2D eigenvalue weighted by atomic mass is 16.5. The first-order valence-electron chi connectivity index (χ1n) is 5.50. The fourth-order valence-corrected chi connectivity index (χ4v) is 1.38. The Hall–Kier alpha value is -1.64. The van der Waals surface area contributed by atoms with Crippen LogP contribution in [0.25, 0.3) is 11.0 Å². The molecule has 3 nitrogen and oxygen atoms in total. The van der Waals surface area contributed by atoms with Gasteiger partial charge in [-0.2, -0.15) is 0 Å². The zero-order valence-corrected chi connectivity index (χ0v) is 9.90. The lowest BCUT2D eigenvalue weighted by molar-refractivity contribution is 0.105. The molecule has 0 N–H and O–H groups in total. The summed E-state index contributed by atoms with van der Waals surface area (Å²) in [5.74, 6) is 0.776. The van der Waals surface area contributed by atoms with Crippen molar-refractivity contribution in [3.63, 3.8) is 0 Å². The van der Waals surface area contributed by atoms with Gasteiger partial charge in [-0.15, -0.1) is 0 Å². The van der Waals surface area contributed by atoms with Crippen molar-refractivity contribution in [1.29, 1.82) is 0 Å². The molecule has 16 heavy (non-hydrogen) atoms. The van der Waals surface area contributed by atoms with Crippen LogP contribution in [-0.4, -0.2) is 15.6 Å². The van der Waals surface area contributed by atoms with Gasteiger partial charge in [0, 0.05) is 12.3 Å². The molecule has 84 valence electrons. The number of nitrogens with zero attached hydrogens (tertiary/aromatic N) is 2.